The molecule has 586 valence electrons. The first-order valence-corrected chi connectivity index (χ1v) is 45.5. The molecule has 0 heterocycles. The van der Waals surface area contributed by atoms with Gasteiger partial charge in [-0.1, -0.05) is 476 Å². The summed E-state index contributed by atoms with van der Waals surface area (Å²) in [7, 11) is 0. The van der Waals surface area contributed by atoms with Crippen LogP contribution in [-0.4, -0.2) is 65.4 Å². The highest BCUT2D eigenvalue weighted by Gasteiger charge is 2.41. The van der Waals surface area contributed by atoms with E-state index >= 15 is 0 Å². The van der Waals surface area contributed by atoms with Crippen molar-refractivity contribution in [2.75, 3.05) is 59.4 Å². The molecule has 0 amide bonds. The second kappa shape index (κ2) is 83.4. The van der Waals surface area contributed by atoms with E-state index in [1.54, 1.807) is 0 Å². The SMILES string of the molecule is CCCCCCCCCCCCCCCCCCCCOCC(CN=[N+]=[N-])(COCCCCCCCCCCCCCCCCCCCC)CC(N)C(C)(COCCCCCCCCCCCCCCCCCCCC)COCCCCCCCCCCCCCCCCCCCC. The Morgan fingerprint density at radius 3 is 0.571 bits per heavy atom. The van der Waals surface area contributed by atoms with Gasteiger partial charge in [0, 0.05) is 54.8 Å². The molecular weight excluding hydrogens is 1200 g/mol. The molecule has 2 N–H and O–H groups in total. The maximum atomic E-state index is 9.87. The maximum absolute atomic E-state index is 9.87. The maximum Gasteiger partial charge on any atom is 0.0556 e. The highest BCUT2D eigenvalue weighted by molar-refractivity contribution is 4.94. The lowest BCUT2D eigenvalue weighted by molar-refractivity contribution is -0.0606. The molecule has 0 saturated heterocycles. The zero-order valence-corrected chi connectivity index (χ0v) is 68.1. The van der Waals surface area contributed by atoms with Crippen LogP contribution in [0.5, 0.6) is 0 Å². The summed E-state index contributed by atoms with van der Waals surface area (Å²) in [4.78, 5) is 3.35. The van der Waals surface area contributed by atoms with Crippen LogP contribution in [0.3, 0.4) is 0 Å². The molecule has 0 rings (SSSR count). The molecule has 0 aliphatic heterocycles. The van der Waals surface area contributed by atoms with Gasteiger partial charge in [0.2, 0.25) is 0 Å². The van der Waals surface area contributed by atoms with Crippen LogP contribution in [0.4, 0.5) is 0 Å². The van der Waals surface area contributed by atoms with Crippen LogP contribution in [-0.2, 0) is 18.9 Å². The van der Waals surface area contributed by atoms with Crippen molar-refractivity contribution in [2.45, 2.75) is 509 Å². The molecule has 0 aromatic heterocycles. The van der Waals surface area contributed by atoms with E-state index in [9.17, 15) is 5.53 Å². The van der Waals surface area contributed by atoms with E-state index < -0.39 is 10.8 Å². The molecule has 8 heteroatoms. The van der Waals surface area contributed by atoms with Gasteiger partial charge in [-0.3, -0.25) is 0 Å². The Morgan fingerprint density at radius 2 is 0.408 bits per heavy atom. The third-order valence-corrected chi connectivity index (χ3v) is 22.3. The molecule has 1 unspecified atom stereocenters. The van der Waals surface area contributed by atoms with Crippen LogP contribution >= 0.6 is 0 Å². The Labute approximate surface area is 616 Å². The molecule has 1 atom stereocenters. The van der Waals surface area contributed by atoms with Gasteiger partial charge in [-0.15, -0.1) is 0 Å². The second-order valence-corrected chi connectivity index (χ2v) is 32.6. The van der Waals surface area contributed by atoms with Crippen LogP contribution in [0.15, 0.2) is 5.11 Å². The van der Waals surface area contributed by atoms with Crippen molar-refractivity contribution >= 4 is 0 Å². The number of hydrogen-bond acceptors (Lipinski definition) is 6. The Hall–Kier alpha value is -0.890. The first-order valence-electron chi connectivity index (χ1n) is 45.5. The minimum Gasteiger partial charge on any atom is -0.381 e. The van der Waals surface area contributed by atoms with Crippen molar-refractivity contribution in [3.8, 4) is 0 Å². The Bertz CT molecular complexity index is 1420. The molecule has 0 aliphatic rings. The van der Waals surface area contributed by atoms with Gasteiger partial charge in [0.25, 0.3) is 0 Å². The smallest absolute Gasteiger partial charge is 0.0556 e. The fourth-order valence-electron chi connectivity index (χ4n) is 15.1. The number of nitrogens with two attached hydrogens (primary N) is 1. The van der Waals surface area contributed by atoms with Crippen molar-refractivity contribution in [3.05, 3.63) is 10.4 Å². The van der Waals surface area contributed by atoms with Gasteiger partial charge in [0.15, 0.2) is 0 Å². The van der Waals surface area contributed by atoms with Gasteiger partial charge >= 0.3 is 0 Å². The summed E-state index contributed by atoms with van der Waals surface area (Å²) in [5.74, 6) is 0. The number of azide groups is 1. The largest absolute Gasteiger partial charge is 0.381 e. The molecule has 0 spiro atoms. The van der Waals surface area contributed by atoms with Crippen molar-refractivity contribution in [3.63, 3.8) is 0 Å². The van der Waals surface area contributed by atoms with Crippen LogP contribution in [0.25, 0.3) is 10.4 Å². The Morgan fingerprint density at radius 1 is 0.255 bits per heavy atom. The van der Waals surface area contributed by atoms with E-state index in [1.807, 2.05) is 0 Å². The summed E-state index contributed by atoms with van der Waals surface area (Å²) in [5, 5.41) is 4.30. The van der Waals surface area contributed by atoms with E-state index in [1.165, 1.54) is 437 Å². The van der Waals surface area contributed by atoms with Gasteiger partial charge in [0.1, 0.15) is 0 Å². The van der Waals surface area contributed by atoms with Crippen LogP contribution in [0, 0.1) is 10.8 Å². The molecular formula is C90H182N4O4. The number of nitrogens with zero attached hydrogens (tertiary/aromatic N) is 3. The first-order chi connectivity index (χ1) is 48.4. The van der Waals surface area contributed by atoms with E-state index in [-0.39, 0.29) is 6.04 Å². The third kappa shape index (κ3) is 73.4. The van der Waals surface area contributed by atoms with Gasteiger partial charge in [-0.2, -0.15) is 0 Å². The normalized spacial score (nSPS) is 12.4. The number of unbranched alkanes of at least 4 members (excludes halogenated alkanes) is 68. The van der Waals surface area contributed by atoms with Crippen LogP contribution in [0.2, 0.25) is 0 Å². The lowest BCUT2D eigenvalue weighted by atomic mass is 9.73. The zero-order chi connectivity index (χ0) is 70.8. The van der Waals surface area contributed by atoms with Crippen molar-refractivity contribution in [1.82, 2.24) is 0 Å². The summed E-state index contributed by atoms with van der Waals surface area (Å²) in [6.07, 6.45) is 99.5. The number of ether oxygens (including phenoxy) is 4. The van der Waals surface area contributed by atoms with E-state index in [0.29, 0.717) is 52.6 Å². The van der Waals surface area contributed by atoms with Crippen molar-refractivity contribution in [2.24, 2.45) is 21.7 Å². The van der Waals surface area contributed by atoms with E-state index in [2.05, 4.69) is 44.6 Å². The molecule has 0 fully saturated rings. The molecule has 0 radical (unpaired) electrons. The molecule has 8 nitrogen and oxygen atoms in total. The molecule has 0 aromatic rings. The second-order valence-electron chi connectivity index (χ2n) is 32.6. The lowest BCUT2D eigenvalue weighted by Gasteiger charge is -2.41. The summed E-state index contributed by atoms with van der Waals surface area (Å²) in [6.45, 7) is 16.9. The van der Waals surface area contributed by atoms with E-state index in [0.717, 1.165) is 38.9 Å². The van der Waals surface area contributed by atoms with Crippen LogP contribution in [0.1, 0.15) is 503 Å². The Kier molecular flexibility index (Phi) is 82.6. The van der Waals surface area contributed by atoms with Crippen molar-refractivity contribution < 1.29 is 18.9 Å². The molecule has 98 heavy (non-hydrogen) atoms. The van der Waals surface area contributed by atoms with Gasteiger partial charge in [-0.25, -0.2) is 0 Å². The minimum atomic E-state index is -0.532. The number of rotatable bonds is 89. The van der Waals surface area contributed by atoms with E-state index in [4.69, 9.17) is 24.7 Å². The summed E-state index contributed by atoms with van der Waals surface area (Å²) in [5.41, 5.74) is 16.5. The summed E-state index contributed by atoms with van der Waals surface area (Å²) in [6, 6.07) is -0.251. The molecule has 0 saturated carbocycles. The zero-order valence-electron chi connectivity index (χ0n) is 68.1. The highest BCUT2D eigenvalue weighted by Crippen LogP contribution is 2.35. The number of hydrogen-bond donors (Lipinski definition) is 1. The van der Waals surface area contributed by atoms with Gasteiger partial charge in [0.05, 0.1) is 26.4 Å². The standard InChI is InChI=1S/C90H182N4O4/c1-6-10-14-18-22-26-30-34-38-42-46-50-54-58-62-66-70-74-78-95-84-89(5,85-96-79-75-71-67-63-59-55-51-47-43-39-35-31-27-23-19-15-11-7-2)88(91)82-90(83-93-94-92,86-97-80-76-72-68-64-60-56-52-48-44-40-36-32-28-24-20-16-12-8-3)87-98-81-77-73-69-65-61-57-53-49-45-41-37-33-29-25-21-17-13-9-4/h88H,6-87,91H2,1-5H3. The summed E-state index contributed by atoms with van der Waals surface area (Å²) >= 11 is 0. The van der Waals surface area contributed by atoms with Gasteiger partial charge < -0.3 is 24.7 Å². The average molecular weight is 1380 g/mol. The van der Waals surface area contributed by atoms with Crippen molar-refractivity contribution in [1.29, 1.82) is 0 Å². The fraction of sp³-hybridized carbons (Fsp3) is 1.00. The van der Waals surface area contributed by atoms with Crippen LogP contribution < -0.4 is 5.73 Å². The monoisotopic (exact) mass is 1380 g/mol. The molecule has 0 aliphatic carbocycles. The average Bonchev–Trinajstić information content (AvgIpc) is 0.824. The first kappa shape index (κ1) is 97.1. The third-order valence-electron chi connectivity index (χ3n) is 22.3. The molecule has 0 aromatic carbocycles. The Balaban J connectivity index is 5.46. The topological polar surface area (TPSA) is 112 Å². The quantitative estimate of drug-likeness (QED) is 0.0282. The molecule has 0 bridgehead atoms. The van der Waals surface area contributed by atoms with Gasteiger partial charge in [-0.05, 0) is 37.6 Å². The summed E-state index contributed by atoms with van der Waals surface area (Å²) < 4.78 is 26.6. The predicted molar refractivity (Wildman–Crippen MR) is 436 cm³/mol. The predicted octanol–water partition coefficient (Wildman–Crippen LogP) is 31.2. The highest BCUT2D eigenvalue weighted by atomic mass is 16.5. The lowest BCUT2D eigenvalue weighted by Crippen LogP contribution is -2.51. The fourth-order valence-corrected chi connectivity index (χ4v) is 15.1. The minimum absolute atomic E-state index is 0.251.